The van der Waals surface area contributed by atoms with Gasteiger partial charge in [0.2, 0.25) is 11.3 Å². The van der Waals surface area contributed by atoms with Gasteiger partial charge in [-0.25, -0.2) is 0 Å². The number of aromatic nitrogens is 1. The van der Waals surface area contributed by atoms with Gasteiger partial charge in [-0.15, -0.1) is 0 Å². The van der Waals surface area contributed by atoms with Gasteiger partial charge in [0.1, 0.15) is 5.69 Å². The summed E-state index contributed by atoms with van der Waals surface area (Å²) in [5, 5.41) is 2.57. The minimum atomic E-state index is -0.248. The van der Waals surface area contributed by atoms with Gasteiger partial charge in [-0.3, -0.25) is 9.59 Å². The van der Waals surface area contributed by atoms with Crippen molar-refractivity contribution >= 4 is 27.5 Å². The van der Waals surface area contributed by atoms with Crippen molar-refractivity contribution < 1.29 is 14.3 Å². The van der Waals surface area contributed by atoms with Crippen LogP contribution in [0.3, 0.4) is 0 Å². The third-order valence-electron chi connectivity index (χ3n) is 3.02. The molecular weight excluding hydrogens is 328 g/mol. The predicted octanol–water partition coefficient (Wildman–Crippen LogP) is 1.66. The summed E-state index contributed by atoms with van der Waals surface area (Å²) in [6.07, 6.45) is 5.12. The first-order chi connectivity index (χ1) is 9.66. The molecule has 20 heavy (non-hydrogen) atoms. The van der Waals surface area contributed by atoms with Crippen LogP contribution in [0.25, 0.3) is 0 Å². The van der Waals surface area contributed by atoms with Crippen LogP contribution in [0.4, 0.5) is 5.69 Å². The number of rotatable bonds is 5. The van der Waals surface area contributed by atoms with E-state index in [1.54, 1.807) is 0 Å². The number of hydrogen-bond acceptors (Lipinski definition) is 4. The number of halogens is 1. The lowest BCUT2D eigenvalue weighted by molar-refractivity contribution is -0.118. The molecule has 1 amide bonds. The van der Waals surface area contributed by atoms with Gasteiger partial charge < -0.3 is 19.8 Å². The fourth-order valence-corrected chi connectivity index (χ4v) is 2.27. The number of pyridine rings is 1. The molecule has 0 unspecified atom stereocenters. The Labute approximate surface area is 125 Å². The lowest BCUT2D eigenvalue weighted by Crippen LogP contribution is -2.25. The lowest BCUT2D eigenvalue weighted by Gasteiger charge is -2.22. The van der Waals surface area contributed by atoms with Gasteiger partial charge in [0.05, 0.1) is 23.6 Å². The van der Waals surface area contributed by atoms with E-state index in [1.165, 1.54) is 12.4 Å². The van der Waals surface area contributed by atoms with Crippen LogP contribution in [-0.4, -0.2) is 36.8 Å². The van der Waals surface area contributed by atoms with Crippen LogP contribution in [0, 0.1) is 0 Å². The summed E-state index contributed by atoms with van der Waals surface area (Å²) in [6.45, 7) is 1.77. The minimum absolute atomic E-state index is 0.172. The number of hydrogen-bond donors (Lipinski definition) is 2. The number of aromatic amines is 1. The number of amides is 1. The SMILES string of the molecule is O=C(CCOC1CCOCC1)Nc1c[nH]cc(Br)c1=O. The number of carbonyl (C=O) groups excluding carboxylic acids is 1. The number of H-pyrrole nitrogens is 1. The molecule has 1 aliphatic heterocycles. The van der Waals surface area contributed by atoms with Gasteiger partial charge in [-0.2, -0.15) is 0 Å². The van der Waals surface area contributed by atoms with Crippen molar-refractivity contribution in [2.75, 3.05) is 25.1 Å². The third-order valence-corrected chi connectivity index (χ3v) is 3.61. The molecule has 2 heterocycles. The van der Waals surface area contributed by atoms with Crippen molar-refractivity contribution in [3.05, 3.63) is 27.1 Å². The van der Waals surface area contributed by atoms with Gasteiger partial charge in [0, 0.05) is 25.6 Å². The van der Waals surface area contributed by atoms with Crippen molar-refractivity contribution in [1.29, 1.82) is 0 Å². The van der Waals surface area contributed by atoms with E-state index in [0.717, 1.165) is 12.8 Å². The van der Waals surface area contributed by atoms with E-state index in [9.17, 15) is 9.59 Å². The second kappa shape index (κ2) is 7.56. The Bertz CT molecular complexity index is 511. The topological polar surface area (TPSA) is 80.4 Å². The van der Waals surface area contributed by atoms with E-state index in [-0.39, 0.29) is 29.5 Å². The van der Waals surface area contributed by atoms with Crippen LogP contribution in [0.15, 0.2) is 21.7 Å². The average Bonchev–Trinajstić information content (AvgIpc) is 2.45. The number of ether oxygens (including phenoxy) is 2. The van der Waals surface area contributed by atoms with Gasteiger partial charge in [-0.05, 0) is 28.8 Å². The molecule has 0 aromatic carbocycles. The van der Waals surface area contributed by atoms with Crippen molar-refractivity contribution in [3.8, 4) is 0 Å². The molecule has 1 aromatic rings. The smallest absolute Gasteiger partial charge is 0.226 e. The van der Waals surface area contributed by atoms with Gasteiger partial charge >= 0.3 is 0 Å². The fourth-order valence-electron chi connectivity index (χ4n) is 1.92. The van der Waals surface area contributed by atoms with Crippen LogP contribution in [-0.2, 0) is 14.3 Å². The first kappa shape index (κ1) is 15.2. The lowest BCUT2D eigenvalue weighted by atomic mass is 10.1. The van der Waals surface area contributed by atoms with E-state index >= 15 is 0 Å². The number of carbonyl (C=O) groups is 1. The summed E-state index contributed by atoms with van der Waals surface area (Å²) < 4.78 is 11.2. The Morgan fingerprint density at radius 3 is 2.95 bits per heavy atom. The van der Waals surface area contributed by atoms with Crippen LogP contribution in [0.2, 0.25) is 0 Å². The molecule has 2 rings (SSSR count). The average molecular weight is 345 g/mol. The highest BCUT2D eigenvalue weighted by molar-refractivity contribution is 9.10. The van der Waals surface area contributed by atoms with Crippen molar-refractivity contribution in [2.45, 2.75) is 25.4 Å². The van der Waals surface area contributed by atoms with Gasteiger partial charge in [0.25, 0.3) is 0 Å². The Hall–Kier alpha value is -1.18. The Morgan fingerprint density at radius 1 is 1.45 bits per heavy atom. The highest BCUT2D eigenvalue weighted by Crippen LogP contribution is 2.11. The fraction of sp³-hybridized carbons (Fsp3) is 0.538. The predicted molar refractivity (Wildman–Crippen MR) is 77.8 cm³/mol. The molecule has 0 spiro atoms. The number of nitrogens with one attached hydrogen (secondary N) is 2. The maximum Gasteiger partial charge on any atom is 0.226 e. The normalized spacial score (nSPS) is 16.1. The molecule has 0 atom stereocenters. The zero-order valence-electron chi connectivity index (χ0n) is 11.0. The second-order valence-electron chi connectivity index (χ2n) is 4.53. The molecule has 0 saturated carbocycles. The van der Waals surface area contributed by atoms with E-state index in [0.29, 0.717) is 24.3 Å². The van der Waals surface area contributed by atoms with E-state index in [2.05, 4.69) is 26.2 Å². The standard InChI is InChI=1S/C13H17BrN2O4/c14-10-7-15-8-11(13(10)18)16-12(17)3-6-20-9-1-4-19-5-2-9/h7-9H,1-6H2,(H,15,18)(H,16,17). The van der Waals surface area contributed by atoms with E-state index < -0.39 is 0 Å². The van der Waals surface area contributed by atoms with Crippen molar-refractivity contribution in [2.24, 2.45) is 0 Å². The molecule has 110 valence electrons. The zero-order chi connectivity index (χ0) is 14.4. The maximum absolute atomic E-state index is 11.7. The molecular formula is C13H17BrN2O4. The Kier molecular flexibility index (Phi) is 5.75. The molecule has 0 aliphatic carbocycles. The number of anilines is 1. The van der Waals surface area contributed by atoms with Crippen LogP contribution in [0.5, 0.6) is 0 Å². The first-order valence-electron chi connectivity index (χ1n) is 6.52. The molecule has 1 aromatic heterocycles. The molecule has 1 saturated heterocycles. The molecule has 7 heteroatoms. The maximum atomic E-state index is 11.7. The van der Waals surface area contributed by atoms with Crippen LogP contribution in [0.1, 0.15) is 19.3 Å². The van der Waals surface area contributed by atoms with Crippen LogP contribution >= 0.6 is 15.9 Å². The highest BCUT2D eigenvalue weighted by Gasteiger charge is 2.14. The first-order valence-corrected chi connectivity index (χ1v) is 7.32. The zero-order valence-corrected chi connectivity index (χ0v) is 12.6. The third kappa shape index (κ3) is 4.43. The largest absolute Gasteiger partial charge is 0.381 e. The van der Waals surface area contributed by atoms with E-state index in [4.69, 9.17) is 9.47 Å². The molecule has 0 bridgehead atoms. The molecule has 1 aliphatic rings. The monoisotopic (exact) mass is 344 g/mol. The molecule has 6 nitrogen and oxygen atoms in total. The Morgan fingerprint density at radius 2 is 2.20 bits per heavy atom. The summed E-state index contributed by atoms with van der Waals surface area (Å²) in [6, 6.07) is 0. The summed E-state index contributed by atoms with van der Waals surface area (Å²) in [5.74, 6) is -0.236. The summed E-state index contributed by atoms with van der Waals surface area (Å²) in [4.78, 5) is 26.2. The molecule has 1 fully saturated rings. The van der Waals surface area contributed by atoms with Crippen LogP contribution < -0.4 is 10.7 Å². The van der Waals surface area contributed by atoms with Crippen molar-refractivity contribution in [1.82, 2.24) is 4.98 Å². The summed E-state index contributed by atoms with van der Waals surface area (Å²) in [5.41, 5.74) is -0.0158. The molecule has 0 radical (unpaired) electrons. The second-order valence-corrected chi connectivity index (χ2v) is 5.38. The Balaban J connectivity index is 1.75. The summed E-state index contributed by atoms with van der Waals surface area (Å²) >= 11 is 3.11. The minimum Gasteiger partial charge on any atom is -0.381 e. The van der Waals surface area contributed by atoms with Gasteiger partial charge in [-0.1, -0.05) is 0 Å². The van der Waals surface area contributed by atoms with Crippen molar-refractivity contribution in [3.63, 3.8) is 0 Å². The van der Waals surface area contributed by atoms with Gasteiger partial charge in [0.15, 0.2) is 0 Å². The quantitative estimate of drug-likeness (QED) is 0.851. The highest BCUT2D eigenvalue weighted by atomic mass is 79.9. The van der Waals surface area contributed by atoms with E-state index in [1.807, 2.05) is 0 Å². The molecule has 2 N–H and O–H groups in total. The summed E-state index contributed by atoms with van der Waals surface area (Å²) in [7, 11) is 0.